The van der Waals surface area contributed by atoms with E-state index in [1.807, 2.05) is 42.5 Å². The number of benzene rings is 3. The molecule has 0 radical (unpaired) electrons. The summed E-state index contributed by atoms with van der Waals surface area (Å²) < 4.78 is 48.5. The number of methoxy groups -OCH3 is 1. The van der Waals surface area contributed by atoms with E-state index in [0.29, 0.717) is 35.3 Å². The van der Waals surface area contributed by atoms with Crippen molar-refractivity contribution in [2.45, 2.75) is 46.0 Å². The van der Waals surface area contributed by atoms with Crippen molar-refractivity contribution in [2.75, 3.05) is 37.4 Å². The third-order valence-electron chi connectivity index (χ3n) is 7.03. The number of oxazole rings is 1. The minimum Gasteiger partial charge on any atom is -0.496 e. The zero-order valence-electron chi connectivity index (χ0n) is 28.7. The monoisotopic (exact) mass is 713 g/mol. The number of urea groups is 1. The molecule has 3 amide bonds. The molecule has 4 rings (SSSR count). The van der Waals surface area contributed by atoms with Crippen LogP contribution in [0.2, 0.25) is 0 Å². The number of amides is 3. The van der Waals surface area contributed by atoms with Crippen LogP contribution in [0, 0.1) is 5.92 Å². The third kappa shape index (κ3) is 13.7. The SMILES string of the molecule is CCCN(CC(C)C)CC(OC(=O)NCc1cccc(NC(=O)Nc2ccc(-c3cnco3)c(OC)c2)c1)c1ccccc1.O=C(O)C(F)(F)F. The van der Waals surface area contributed by atoms with Gasteiger partial charge in [-0.25, -0.2) is 19.4 Å². The van der Waals surface area contributed by atoms with Crippen LogP contribution in [0.5, 0.6) is 5.75 Å². The molecule has 51 heavy (non-hydrogen) atoms. The van der Waals surface area contributed by atoms with Gasteiger partial charge in [-0.05, 0) is 54.3 Å². The number of carbonyl (C=O) groups excluding carboxylic acids is 2. The van der Waals surface area contributed by atoms with E-state index >= 15 is 0 Å². The van der Waals surface area contributed by atoms with E-state index in [0.717, 1.165) is 36.2 Å². The van der Waals surface area contributed by atoms with Crippen molar-refractivity contribution >= 4 is 29.5 Å². The largest absolute Gasteiger partial charge is 0.496 e. The summed E-state index contributed by atoms with van der Waals surface area (Å²) in [5, 5.41) is 15.6. The molecule has 0 aliphatic heterocycles. The minimum absolute atomic E-state index is 0.239. The molecule has 0 aliphatic carbocycles. The Morgan fingerprint density at radius 1 is 0.961 bits per heavy atom. The Morgan fingerprint density at radius 2 is 1.65 bits per heavy atom. The Kier molecular flexibility index (Phi) is 15.3. The molecule has 0 aliphatic rings. The maximum Gasteiger partial charge on any atom is 0.490 e. The Balaban J connectivity index is 0.000000908. The molecule has 1 atom stereocenters. The van der Waals surface area contributed by atoms with Crippen LogP contribution < -0.4 is 20.7 Å². The highest BCUT2D eigenvalue weighted by atomic mass is 19.4. The number of aliphatic carboxylic acids is 1. The molecule has 0 fully saturated rings. The highest BCUT2D eigenvalue weighted by Gasteiger charge is 2.38. The molecule has 274 valence electrons. The number of aromatic nitrogens is 1. The number of halogens is 3. The van der Waals surface area contributed by atoms with Crippen LogP contribution in [-0.2, 0) is 16.1 Å². The van der Waals surface area contributed by atoms with E-state index in [1.54, 1.807) is 43.6 Å². The average Bonchev–Trinajstić information content (AvgIpc) is 3.62. The minimum atomic E-state index is -5.08. The van der Waals surface area contributed by atoms with Gasteiger partial charge in [0, 0.05) is 37.1 Å². The van der Waals surface area contributed by atoms with Crippen LogP contribution in [-0.4, -0.2) is 66.0 Å². The lowest BCUT2D eigenvalue weighted by Gasteiger charge is -2.28. The molecule has 12 nitrogen and oxygen atoms in total. The van der Waals surface area contributed by atoms with Crippen molar-refractivity contribution in [3.8, 4) is 17.1 Å². The summed E-state index contributed by atoms with van der Waals surface area (Å²) >= 11 is 0. The Hall–Kier alpha value is -5.57. The van der Waals surface area contributed by atoms with Gasteiger partial charge in [-0.3, -0.25) is 4.90 Å². The summed E-state index contributed by atoms with van der Waals surface area (Å²) in [6, 6.07) is 21.9. The van der Waals surface area contributed by atoms with Gasteiger partial charge in [0.2, 0.25) is 0 Å². The van der Waals surface area contributed by atoms with Gasteiger partial charge in [0.1, 0.15) is 11.9 Å². The number of ether oxygens (including phenoxy) is 2. The van der Waals surface area contributed by atoms with Crippen LogP contribution >= 0.6 is 0 Å². The lowest BCUT2D eigenvalue weighted by molar-refractivity contribution is -0.192. The van der Waals surface area contributed by atoms with Gasteiger partial charge < -0.3 is 34.9 Å². The highest BCUT2D eigenvalue weighted by molar-refractivity contribution is 6.00. The van der Waals surface area contributed by atoms with E-state index in [-0.39, 0.29) is 6.54 Å². The molecule has 3 aromatic carbocycles. The first-order valence-electron chi connectivity index (χ1n) is 16.0. The number of carbonyl (C=O) groups is 3. The molecule has 0 saturated heterocycles. The molecule has 15 heteroatoms. The first-order valence-corrected chi connectivity index (χ1v) is 16.0. The van der Waals surface area contributed by atoms with Gasteiger partial charge in [0.25, 0.3) is 0 Å². The maximum atomic E-state index is 12.9. The summed E-state index contributed by atoms with van der Waals surface area (Å²) in [5.41, 5.74) is 3.60. The van der Waals surface area contributed by atoms with Crippen molar-refractivity contribution in [3.05, 3.63) is 96.5 Å². The quantitative estimate of drug-likeness (QED) is 0.102. The second-order valence-electron chi connectivity index (χ2n) is 11.7. The number of alkyl carbamates (subject to hydrolysis) is 1. The van der Waals surface area contributed by atoms with E-state index in [4.69, 9.17) is 23.8 Å². The molecule has 0 bridgehead atoms. The molecule has 1 aromatic heterocycles. The number of nitrogens with one attached hydrogen (secondary N) is 3. The van der Waals surface area contributed by atoms with Crippen LogP contribution in [0.25, 0.3) is 11.3 Å². The molecule has 4 N–H and O–H groups in total. The molecular formula is C36H42F3N5O7. The molecule has 0 spiro atoms. The summed E-state index contributed by atoms with van der Waals surface area (Å²) in [6.07, 6.45) is -2.03. The van der Waals surface area contributed by atoms with Crippen LogP contribution in [0.1, 0.15) is 44.4 Å². The smallest absolute Gasteiger partial charge is 0.490 e. The fourth-order valence-corrected chi connectivity index (χ4v) is 4.92. The van der Waals surface area contributed by atoms with E-state index < -0.39 is 30.4 Å². The fraction of sp³-hybridized carbons (Fsp3) is 0.333. The van der Waals surface area contributed by atoms with Gasteiger partial charge in [-0.2, -0.15) is 13.2 Å². The van der Waals surface area contributed by atoms with Crippen LogP contribution in [0.15, 0.2) is 89.8 Å². The molecule has 1 unspecified atom stereocenters. The van der Waals surface area contributed by atoms with Crippen molar-refractivity contribution in [1.82, 2.24) is 15.2 Å². The summed E-state index contributed by atoms with van der Waals surface area (Å²) in [7, 11) is 1.55. The van der Waals surface area contributed by atoms with Crippen molar-refractivity contribution in [3.63, 3.8) is 0 Å². The van der Waals surface area contributed by atoms with E-state index in [2.05, 4.69) is 46.6 Å². The zero-order chi connectivity index (χ0) is 37.4. The van der Waals surface area contributed by atoms with Crippen LogP contribution in [0.3, 0.4) is 0 Å². The van der Waals surface area contributed by atoms with Crippen molar-refractivity contribution in [2.24, 2.45) is 5.92 Å². The average molecular weight is 714 g/mol. The zero-order valence-corrected chi connectivity index (χ0v) is 28.7. The number of hydrogen-bond acceptors (Lipinski definition) is 8. The first-order chi connectivity index (χ1) is 24.3. The van der Waals surface area contributed by atoms with Crippen LogP contribution in [0.4, 0.5) is 34.1 Å². The Morgan fingerprint density at radius 3 is 2.24 bits per heavy atom. The number of carboxylic acid groups (broad SMARTS) is 1. The van der Waals surface area contributed by atoms with Crippen molar-refractivity contribution < 1.29 is 46.6 Å². The number of alkyl halides is 3. The summed E-state index contributed by atoms with van der Waals surface area (Å²) in [4.78, 5) is 40.8. The Bertz CT molecular complexity index is 1690. The van der Waals surface area contributed by atoms with Crippen molar-refractivity contribution in [1.29, 1.82) is 0 Å². The van der Waals surface area contributed by atoms with Gasteiger partial charge in [-0.15, -0.1) is 0 Å². The second kappa shape index (κ2) is 19.6. The molecule has 0 saturated carbocycles. The highest BCUT2D eigenvalue weighted by Crippen LogP contribution is 2.32. The number of carboxylic acids is 1. The predicted octanol–water partition coefficient (Wildman–Crippen LogP) is 7.96. The third-order valence-corrected chi connectivity index (χ3v) is 7.03. The topological polar surface area (TPSA) is 155 Å². The van der Waals surface area contributed by atoms with E-state index in [9.17, 15) is 22.8 Å². The second-order valence-corrected chi connectivity index (χ2v) is 11.7. The van der Waals surface area contributed by atoms with Gasteiger partial charge in [-0.1, -0.05) is 63.2 Å². The van der Waals surface area contributed by atoms with Gasteiger partial charge >= 0.3 is 24.3 Å². The fourth-order valence-electron chi connectivity index (χ4n) is 4.92. The lowest BCUT2D eigenvalue weighted by atomic mass is 10.1. The molecule has 4 aromatic rings. The van der Waals surface area contributed by atoms with E-state index in [1.165, 1.54) is 6.39 Å². The molecular weight excluding hydrogens is 671 g/mol. The molecule has 1 heterocycles. The first kappa shape index (κ1) is 39.9. The maximum absolute atomic E-state index is 12.9. The van der Waals surface area contributed by atoms with Gasteiger partial charge in [0.15, 0.2) is 12.2 Å². The Labute approximate surface area is 294 Å². The number of nitrogens with zero attached hydrogens (tertiary/aromatic N) is 2. The number of rotatable bonds is 14. The standard InChI is InChI=1S/C34H41N5O5.C2HF3O2/c1-5-16-39(21-24(2)3)22-32(26-11-7-6-8-12-26)44-34(41)36-19-25-10-9-13-27(17-25)37-33(40)38-28-14-15-29(30(18-28)42-4)31-20-35-23-43-31;3-2(4,5)1(6)7/h6-15,17-18,20,23-24,32H,5,16,19,21-22H2,1-4H3,(H,36,41)(H2,37,38,40);(H,6,7). The number of anilines is 2. The number of hydrogen-bond donors (Lipinski definition) is 4. The van der Waals surface area contributed by atoms with Gasteiger partial charge in [0.05, 0.1) is 18.9 Å². The summed E-state index contributed by atoms with van der Waals surface area (Å²) in [6.45, 7) is 9.25. The lowest BCUT2D eigenvalue weighted by Crippen LogP contribution is -2.35. The summed E-state index contributed by atoms with van der Waals surface area (Å²) in [5.74, 6) is -1.16. The predicted molar refractivity (Wildman–Crippen MR) is 185 cm³/mol. The normalized spacial score (nSPS) is 11.6.